The summed E-state index contributed by atoms with van der Waals surface area (Å²) in [6, 6.07) is 39.9. The summed E-state index contributed by atoms with van der Waals surface area (Å²) < 4.78 is 0. The molecule has 5 aromatic rings. The van der Waals surface area contributed by atoms with Crippen LogP contribution in [0.15, 0.2) is 121 Å². The second-order valence-electron chi connectivity index (χ2n) is 7.35. The summed E-state index contributed by atoms with van der Waals surface area (Å²) in [7, 11) is 0. The number of anilines is 3. The summed E-state index contributed by atoms with van der Waals surface area (Å²) >= 11 is 0. The molecule has 0 amide bonds. The van der Waals surface area contributed by atoms with Crippen LogP contribution in [0.25, 0.3) is 23.1 Å². The Morgan fingerprint density at radius 3 is 1.77 bits per heavy atom. The van der Waals surface area contributed by atoms with Crippen molar-refractivity contribution < 1.29 is 0 Å². The van der Waals surface area contributed by atoms with Crippen LogP contribution in [-0.4, -0.2) is 4.98 Å². The molecule has 148 valence electrons. The molecule has 31 heavy (non-hydrogen) atoms. The van der Waals surface area contributed by atoms with E-state index in [1.807, 2.05) is 30.5 Å². The Bertz CT molecular complexity index is 1260. The number of hydrogen-bond acceptors (Lipinski definition) is 2. The number of nitrogens with zero attached hydrogens (tertiary/aromatic N) is 2. The summed E-state index contributed by atoms with van der Waals surface area (Å²) in [6.45, 7) is 0. The topological polar surface area (TPSA) is 16.1 Å². The van der Waals surface area contributed by atoms with Gasteiger partial charge in [0.2, 0.25) is 0 Å². The zero-order valence-electron chi connectivity index (χ0n) is 17.1. The van der Waals surface area contributed by atoms with E-state index in [4.69, 9.17) is 0 Å². The molecule has 0 radical (unpaired) electrons. The van der Waals surface area contributed by atoms with Crippen molar-refractivity contribution in [3.63, 3.8) is 0 Å². The van der Waals surface area contributed by atoms with E-state index in [0.717, 1.165) is 33.5 Å². The molecule has 0 N–H and O–H groups in total. The molecule has 0 aliphatic rings. The van der Waals surface area contributed by atoms with Gasteiger partial charge in [0.25, 0.3) is 0 Å². The van der Waals surface area contributed by atoms with Gasteiger partial charge in [-0.15, -0.1) is 0 Å². The SMILES string of the molecule is C(=Cc1ccnc2ccccc12)c1ccc(N(c2ccccc2)c2ccccc2)cc1. The minimum absolute atomic E-state index is 1.02. The highest BCUT2D eigenvalue weighted by Crippen LogP contribution is 2.34. The van der Waals surface area contributed by atoms with E-state index in [2.05, 4.69) is 113 Å². The first-order chi connectivity index (χ1) is 15.4. The summed E-state index contributed by atoms with van der Waals surface area (Å²) in [5.74, 6) is 0. The summed E-state index contributed by atoms with van der Waals surface area (Å²) in [4.78, 5) is 6.71. The Hall–Kier alpha value is -4.17. The van der Waals surface area contributed by atoms with Crippen LogP contribution >= 0.6 is 0 Å². The maximum absolute atomic E-state index is 4.45. The second-order valence-corrected chi connectivity index (χ2v) is 7.35. The predicted molar refractivity (Wildman–Crippen MR) is 132 cm³/mol. The highest BCUT2D eigenvalue weighted by molar-refractivity contribution is 5.90. The molecule has 1 heterocycles. The van der Waals surface area contributed by atoms with Crippen molar-refractivity contribution in [2.24, 2.45) is 0 Å². The fourth-order valence-corrected chi connectivity index (χ4v) is 3.79. The minimum atomic E-state index is 1.02. The zero-order valence-corrected chi connectivity index (χ0v) is 17.1. The first kappa shape index (κ1) is 18.8. The molecule has 5 rings (SSSR count). The van der Waals surface area contributed by atoms with Crippen LogP contribution in [-0.2, 0) is 0 Å². The van der Waals surface area contributed by atoms with Gasteiger partial charge in [-0.25, -0.2) is 0 Å². The smallest absolute Gasteiger partial charge is 0.0707 e. The average Bonchev–Trinajstić information content (AvgIpc) is 2.85. The Balaban J connectivity index is 1.46. The van der Waals surface area contributed by atoms with Crippen LogP contribution in [0.1, 0.15) is 11.1 Å². The molecular formula is C29H22N2. The summed E-state index contributed by atoms with van der Waals surface area (Å²) in [5, 5.41) is 1.16. The van der Waals surface area contributed by atoms with E-state index in [1.165, 1.54) is 5.56 Å². The number of hydrogen-bond donors (Lipinski definition) is 0. The highest BCUT2D eigenvalue weighted by Gasteiger charge is 2.11. The first-order valence-corrected chi connectivity index (χ1v) is 10.4. The lowest BCUT2D eigenvalue weighted by Crippen LogP contribution is -2.09. The number of aromatic nitrogens is 1. The quantitative estimate of drug-likeness (QED) is 0.299. The van der Waals surface area contributed by atoms with Crippen molar-refractivity contribution in [2.45, 2.75) is 0 Å². The molecule has 2 heteroatoms. The maximum Gasteiger partial charge on any atom is 0.0707 e. The number of fused-ring (bicyclic) bond motifs is 1. The van der Waals surface area contributed by atoms with E-state index < -0.39 is 0 Å². The molecule has 0 atom stereocenters. The van der Waals surface area contributed by atoms with E-state index in [9.17, 15) is 0 Å². The van der Waals surface area contributed by atoms with Gasteiger partial charge >= 0.3 is 0 Å². The van der Waals surface area contributed by atoms with E-state index in [-0.39, 0.29) is 0 Å². The number of rotatable bonds is 5. The van der Waals surface area contributed by atoms with Gasteiger partial charge in [0, 0.05) is 28.6 Å². The molecule has 0 aliphatic carbocycles. The minimum Gasteiger partial charge on any atom is -0.311 e. The third kappa shape index (κ3) is 4.10. The molecule has 0 spiro atoms. The van der Waals surface area contributed by atoms with Crippen molar-refractivity contribution in [3.05, 3.63) is 133 Å². The normalized spacial score (nSPS) is 11.1. The van der Waals surface area contributed by atoms with Crippen molar-refractivity contribution in [1.82, 2.24) is 4.98 Å². The van der Waals surface area contributed by atoms with Crippen LogP contribution in [0.2, 0.25) is 0 Å². The molecule has 2 nitrogen and oxygen atoms in total. The van der Waals surface area contributed by atoms with Gasteiger partial charge in [-0.2, -0.15) is 0 Å². The van der Waals surface area contributed by atoms with E-state index in [1.54, 1.807) is 0 Å². The van der Waals surface area contributed by atoms with Crippen LogP contribution in [0, 0.1) is 0 Å². The van der Waals surface area contributed by atoms with Crippen LogP contribution < -0.4 is 4.90 Å². The van der Waals surface area contributed by atoms with Crippen molar-refractivity contribution in [1.29, 1.82) is 0 Å². The van der Waals surface area contributed by atoms with Gasteiger partial charge in [0.05, 0.1) is 5.52 Å². The molecular weight excluding hydrogens is 376 g/mol. The molecule has 0 bridgehead atoms. The van der Waals surface area contributed by atoms with E-state index >= 15 is 0 Å². The van der Waals surface area contributed by atoms with Crippen LogP contribution in [0.3, 0.4) is 0 Å². The van der Waals surface area contributed by atoms with Crippen LogP contribution in [0.5, 0.6) is 0 Å². The Morgan fingerprint density at radius 2 is 1.10 bits per heavy atom. The molecule has 0 fully saturated rings. The van der Waals surface area contributed by atoms with Gasteiger partial charge < -0.3 is 4.90 Å². The third-order valence-corrected chi connectivity index (χ3v) is 5.32. The number of pyridine rings is 1. The first-order valence-electron chi connectivity index (χ1n) is 10.4. The second kappa shape index (κ2) is 8.68. The Morgan fingerprint density at radius 1 is 0.516 bits per heavy atom. The van der Waals surface area contributed by atoms with Gasteiger partial charge in [0.1, 0.15) is 0 Å². The highest BCUT2D eigenvalue weighted by atomic mass is 15.1. The zero-order chi connectivity index (χ0) is 20.9. The van der Waals surface area contributed by atoms with Gasteiger partial charge in [0.15, 0.2) is 0 Å². The summed E-state index contributed by atoms with van der Waals surface area (Å²) in [6.07, 6.45) is 6.18. The molecule has 0 saturated heterocycles. The molecule has 1 aromatic heterocycles. The lowest BCUT2D eigenvalue weighted by Gasteiger charge is -2.25. The van der Waals surface area contributed by atoms with Gasteiger partial charge in [-0.3, -0.25) is 4.98 Å². The van der Waals surface area contributed by atoms with Crippen LogP contribution in [0.4, 0.5) is 17.1 Å². The maximum atomic E-state index is 4.45. The lowest BCUT2D eigenvalue weighted by molar-refractivity contribution is 1.28. The molecule has 0 aliphatic heterocycles. The standard InChI is InChI=1S/C29H22N2/c1-3-9-25(10-4-1)31(26-11-5-2-6-12-26)27-19-16-23(17-20-27)15-18-24-21-22-30-29-14-8-7-13-28(24)29/h1-22H. The summed E-state index contributed by atoms with van der Waals surface area (Å²) in [5.41, 5.74) is 6.75. The van der Waals surface area contributed by atoms with E-state index in [0.29, 0.717) is 0 Å². The van der Waals surface area contributed by atoms with Crippen molar-refractivity contribution >= 4 is 40.1 Å². The average molecular weight is 399 g/mol. The fourth-order valence-electron chi connectivity index (χ4n) is 3.79. The number of benzene rings is 4. The largest absolute Gasteiger partial charge is 0.311 e. The molecule has 4 aromatic carbocycles. The van der Waals surface area contributed by atoms with Crippen molar-refractivity contribution in [2.75, 3.05) is 4.90 Å². The molecule has 0 saturated carbocycles. The monoisotopic (exact) mass is 398 g/mol. The third-order valence-electron chi connectivity index (χ3n) is 5.32. The number of para-hydroxylation sites is 3. The molecule has 0 unspecified atom stereocenters. The van der Waals surface area contributed by atoms with Gasteiger partial charge in [-0.1, -0.05) is 78.9 Å². The Labute approximate surface area is 182 Å². The predicted octanol–water partition coefficient (Wildman–Crippen LogP) is 7.88. The lowest BCUT2D eigenvalue weighted by atomic mass is 10.1. The fraction of sp³-hybridized carbons (Fsp3) is 0. The Kier molecular flexibility index (Phi) is 5.27. The van der Waals surface area contributed by atoms with Crippen molar-refractivity contribution in [3.8, 4) is 0 Å². The van der Waals surface area contributed by atoms with Gasteiger partial charge in [-0.05, 0) is 59.7 Å².